The van der Waals surface area contributed by atoms with Crippen LogP contribution in [0.3, 0.4) is 0 Å². The van der Waals surface area contributed by atoms with Crippen molar-refractivity contribution in [2.75, 3.05) is 13.7 Å². The Balaban J connectivity index is 1.80. The van der Waals surface area contributed by atoms with Crippen LogP contribution in [0, 0.1) is 0 Å². The first-order valence-electron chi connectivity index (χ1n) is 9.53. The van der Waals surface area contributed by atoms with Crippen LogP contribution >= 0.6 is 11.6 Å². The van der Waals surface area contributed by atoms with E-state index in [-0.39, 0.29) is 6.54 Å². The van der Waals surface area contributed by atoms with E-state index in [4.69, 9.17) is 21.1 Å². The molecule has 3 N–H and O–H groups in total. The molecule has 3 rings (SSSR count). The number of para-hydroxylation sites is 1. The van der Waals surface area contributed by atoms with E-state index in [0.29, 0.717) is 29.5 Å². The van der Waals surface area contributed by atoms with Gasteiger partial charge < -0.3 is 19.6 Å². The molecule has 154 valence electrons. The first-order valence-corrected chi connectivity index (χ1v) is 9.91. The van der Waals surface area contributed by atoms with Crippen LogP contribution in [0.15, 0.2) is 42.6 Å². The number of hydrogen-bond donors (Lipinski definition) is 3. The third-order valence-electron chi connectivity index (χ3n) is 4.70. The van der Waals surface area contributed by atoms with Gasteiger partial charge in [-0.15, -0.1) is 0 Å². The second kappa shape index (κ2) is 9.67. The van der Waals surface area contributed by atoms with E-state index in [1.165, 1.54) is 0 Å². The smallest absolute Gasteiger partial charge is 0.321 e. The van der Waals surface area contributed by atoms with Crippen molar-refractivity contribution in [3.63, 3.8) is 0 Å². The van der Waals surface area contributed by atoms with Gasteiger partial charge in [-0.1, -0.05) is 36.7 Å². The molecule has 0 amide bonds. The number of carbonyl (C=O) groups is 1. The zero-order valence-electron chi connectivity index (χ0n) is 16.5. The van der Waals surface area contributed by atoms with E-state index in [1.807, 2.05) is 37.4 Å². The highest BCUT2D eigenvalue weighted by Gasteiger charge is 2.21. The van der Waals surface area contributed by atoms with Gasteiger partial charge in [0.1, 0.15) is 6.04 Å². The standard InChI is InChI=1S/C22H25ClN2O4/c1-3-8-29-21-15(9-16(23)11-20(21)28-2)13-25-19(22(26)27)10-14-12-24-18-7-5-4-6-17(14)18/h4-7,9,11-12,19,24-25H,3,8,10,13H2,1-2H3,(H,26,27)/t19-/m0/s1. The Labute approximate surface area is 174 Å². The quantitative estimate of drug-likeness (QED) is 0.456. The number of rotatable bonds is 10. The van der Waals surface area contributed by atoms with E-state index in [2.05, 4.69) is 10.3 Å². The molecule has 0 aliphatic heterocycles. The Bertz CT molecular complexity index is 986. The lowest BCUT2D eigenvalue weighted by Gasteiger charge is -2.18. The molecule has 0 bridgehead atoms. The van der Waals surface area contributed by atoms with Crippen LogP contribution in [0.2, 0.25) is 5.02 Å². The highest BCUT2D eigenvalue weighted by atomic mass is 35.5. The number of halogens is 1. The molecule has 0 aliphatic rings. The third-order valence-corrected chi connectivity index (χ3v) is 4.92. The van der Waals surface area contributed by atoms with Crippen molar-refractivity contribution >= 4 is 28.5 Å². The van der Waals surface area contributed by atoms with Gasteiger partial charge in [0.05, 0.1) is 13.7 Å². The summed E-state index contributed by atoms with van der Waals surface area (Å²) in [5.74, 6) is 0.203. The molecule has 0 saturated heterocycles. The van der Waals surface area contributed by atoms with Gasteiger partial charge in [-0.25, -0.2) is 0 Å². The Kier molecular flexibility index (Phi) is 7.01. The summed E-state index contributed by atoms with van der Waals surface area (Å²) < 4.78 is 11.2. The molecule has 1 heterocycles. The van der Waals surface area contributed by atoms with Crippen LogP contribution in [0.1, 0.15) is 24.5 Å². The molecule has 0 aliphatic carbocycles. The monoisotopic (exact) mass is 416 g/mol. The summed E-state index contributed by atoms with van der Waals surface area (Å²) in [7, 11) is 1.55. The minimum Gasteiger partial charge on any atom is -0.493 e. The molecule has 0 unspecified atom stereocenters. The molecule has 0 spiro atoms. The first kappa shape index (κ1) is 21.0. The summed E-state index contributed by atoms with van der Waals surface area (Å²) in [6.45, 7) is 2.83. The molecular weight excluding hydrogens is 392 g/mol. The number of aromatic amines is 1. The maximum Gasteiger partial charge on any atom is 0.321 e. The number of nitrogens with one attached hydrogen (secondary N) is 2. The maximum absolute atomic E-state index is 11.9. The van der Waals surface area contributed by atoms with Crippen molar-refractivity contribution < 1.29 is 19.4 Å². The van der Waals surface area contributed by atoms with Crippen molar-refractivity contribution in [1.82, 2.24) is 10.3 Å². The molecule has 29 heavy (non-hydrogen) atoms. The van der Waals surface area contributed by atoms with Gasteiger partial charge in [-0.3, -0.25) is 10.1 Å². The molecule has 0 radical (unpaired) electrons. The average molecular weight is 417 g/mol. The topological polar surface area (TPSA) is 83.6 Å². The van der Waals surface area contributed by atoms with E-state index in [9.17, 15) is 9.90 Å². The lowest BCUT2D eigenvalue weighted by molar-refractivity contribution is -0.139. The fourth-order valence-electron chi connectivity index (χ4n) is 3.27. The Morgan fingerprint density at radius 3 is 2.79 bits per heavy atom. The number of ether oxygens (including phenoxy) is 2. The Morgan fingerprint density at radius 2 is 2.07 bits per heavy atom. The number of aliphatic carboxylic acids is 1. The number of methoxy groups -OCH3 is 1. The summed E-state index contributed by atoms with van der Waals surface area (Å²) in [5.41, 5.74) is 2.70. The first-order chi connectivity index (χ1) is 14.0. The van der Waals surface area contributed by atoms with Crippen molar-refractivity contribution in [3.8, 4) is 11.5 Å². The van der Waals surface area contributed by atoms with Crippen molar-refractivity contribution in [3.05, 3.63) is 58.7 Å². The predicted molar refractivity (Wildman–Crippen MR) is 114 cm³/mol. The number of aromatic nitrogens is 1. The minimum absolute atomic E-state index is 0.287. The van der Waals surface area contributed by atoms with E-state index >= 15 is 0 Å². The van der Waals surface area contributed by atoms with Crippen LogP contribution in [0.25, 0.3) is 10.9 Å². The largest absolute Gasteiger partial charge is 0.493 e. The van der Waals surface area contributed by atoms with Gasteiger partial charge in [-0.05, 0) is 24.1 Å². The summed E-state index contributed by atoms with van der Waals surface area (Å²) in [6, 6.07) is 10.5. The lowest BCUT2D eigenvalue weighted by atomic mass is 10.0. The number of hydrogen-bond acceptors (Lipinski definition) is 4. The van der Waals surface area contributed by atoms with Gasteiger partial charge in [-0.2, -0.15) is 0 Å². The summed E-state index contributed by atoms with van der Waals surface area (Å²) >= 11 is 6.21. The van der Waals surface area contributed by atoms with Gasteiger partial charge in [0.2, 0.25) is 0 Å². The van der Waals surface area contributed by atoms with Gasteiger partial charge in [0.25, 0.3) is 0 Å². The Hall–Kier alpha value is -2.70. The summed E-state index contributed by atoms with van der Waals surface area (Å²) in [4.78, 5) is 15.1. The zero-order valence-corrected chi connectivity index (χ0v) is 17.3. The summed E-state index contributed by atoms with van der Waals surface area (Å²) in [5, 5.41) is 14.4. The molecule has 0 fully saturated rings. The predicted octanol–water partition coefficient (Wildman–Crippen LogP) is 4.40. The molecular formula is C22H25ClN2O4. The molecule has 1 aromatic heterocycles. The molecule has 7 heteroatoms. The van der Waals surface area contributed by atoms with Crippen LogP contribution < -0.4 is 14.8 Å². The highest BCUT2D eigenvalue weighted by molar-refractivity contribution is 6.30. The number of carboxylic acids is 1. The Morgan fingerprint density at radius 1 is 1.28 bits per heavy atom. The number of fused-ring (bicyclic) bond motifs is 1. The van der Waals surface area contributed by atoms with E-state index in [0.717, 1.165) is 28.5 Å². The lowest BCUT2D eigenvalue weighted by Crippen LogP contribution is -2.38. The fourth-order valence-corrected chi connectivity index (χ4v) is 3.50. The van der Waals surface area contributed by atoms with E-state index < -0.39 is 12.0 Å². The van der Waals surface area contributed by atoms with Crippen LogP contribution in [-0.2, 0) is 17.8 Å². The van der Waals surface area contributed by atoms with Crippen LogP contribution in [-0.4, -0.2) is 35.8 Å². The SMILES string of the molecule is CCCOc1c(CN[C@@H](Cc2c[nH]c3ccccc23)C(=O)O)cc(Cl)cc1OC. The molecule has 1 atom stereocenters. The molecule has 2 aromatic carbocycles. The second-order valence-electron chi connectivity index (χ2n) is 6.78. The van der Waals surface area contributed by atoms with Crippen molar-refractivity contribution in [2.24, 2.45) is 0 Å². The highest BCUT2D eigenvalue weighted by Crippen LogP contribution is 2.35. The van der Waals surface area contributed by atoms with E-state index in [1.54, 1.807) is 19.2 Å². The number of carboxylic acid groups (broad SMARTS) is 1. The van der Waals surface area contributed by atoms with Crippen LogP contribution in [0.4, 0.5) is 0 Å². The van der Waals surface area contributed by atoms with Crippen molar-refractivity contribution in [2.45, 2.75) is 32.4 Å². The second-order valence-corrected chi connectivity index (χ2v) is 7.22. The van der Waals surface area contributed by atoms with Gasteiger partial charge in [0.15, 0.2) is 11.5 Å². The van der Waals surface area contributed by atoms with Crippen molar-refractivity contribution in [1.29, 1.82) is 0 Å². The molecule has 6 nitrogen and oxygen atoms in total. The van der Waals surface area contributed by atoms with Gasteiger partial charge >= 0.3 is 5.97 Å². The number of benzene rings is 2. The van der Waals surface area contributed by atoms with Gasteiger partial charge in [0, 0.05) is 46.7 Å². The van der Waals surface area contributed by atoms with Crippen LogP contribution in [0.5, 0.6) is 11.5 Å². The molecule has 0 saturated carbocycles. The number of H-pyrrole nitrogens is 1. The fraction of sp³-hybridized carbons (Fsp3) is 0.318. The normalized spacial score (nSPS) is 12.1. The molecule has 3 aromatic rings. The summed E-state index contributed by atoms with van der Waals surface area (Å²) in [6.07, 6.45) is 3.06. The zero-order chi connectivity index (χ0) is 20.8. The minimum atomic E-state index is -0.916. The maximum atomic E-state index is 11.9. The average Bonchev–Trinajstić information content (AvgIpc) is 3.12. The third kappa shape index (κ3) is 5.02.